The van der Waals surface area contributed by atoms with Crippen LogP contribution in [-0.2, 0) is 13.1 Å². The molecule has 0 saturated carbocycles. The van der Waals surface area contributed by atoms with Gasteiger partial charge in [-0.25, -0.2) is 0 Å². The van der Waals surface area contributed by atoms with Gasteiger partial charge in [0.05, 0.1) is 6.04 Å². The first-order valence-corrected chi connectivity index (χ1v) is 11.5. The quantitative estimate of drug-likeness (QED) is 0.348. The van der Waals surface area contributed by atoms with Crippen LogP contribution in [0.5, 0.6) is 11.5 Å². The summed E-state index contributed by atoms with van der Waals surface area (Å²) in [6.45, 7) is 7.50. The van der Waals surface area contributed by atoms with Crippen molar-refractivity contribution >= 4 is 0 Å². The highest BCUT2D eigenvalue weighted by Gasteiger charge is 2.29. The Bertz CT molecular complexity index is 1170. The standard InChI is InChI=1S/C29H30N2O/c1-22-10-6-11-23(2)28(22)29-27-16-8-17-30(27)18-9-19-31(29)21-24-12-7-15-26(20-24)32-25-13-4-3-5-14-25/h3-8,10-17,20,29H,9,18-19,21H2,1-2H3. The molecule has 162 valence electrons. The van der Waals surface area contributed by atoms with Gasteiger partial charge in [0.2, 0.25) is 0 Å². The Morgan fingerprint density at radius 1 is 0.781 bits per heavy atom. The van der Waals surface area contributed by atoms with Crippen molar-refractivity contribution in [2.24, 2.45) is 0 Å². The number of rotatable bonds is 5. The second kappa shape index (κ2) is 9.05. The van der Waals surface area contributed by atoms with Gasteiger partial charge < -0.3 is 9.30 Å². The summed E-state index contributed by atoms with van der Waals surface area (Å²) in [5.74, 6) is 1.75. The summed E-state index contributed by atoms with van der Waals surface area (Å²) in [4.78, 5) is 2.63. The predicted octanol–water partition coefficient (Wildman–Crippen LogP) is 6.89. The summed E-state index contributed by atoms with van der Waals surface area (Å²) in [7, 11) is 0. The van der Waals surface area contributed by atoms with Gasteiger partial charge in [0, 0.05) is 31.5 Å². The van der Waals surface area contributed by atoms with Crippen molar-refractivity contribution in [1.29, 1.82) is 0 Å². The molecule has 3 aromatic carbocycles. The van der Waals surface area contributed by atoms with Gasteiger partial charge in [-0.2, -0.15) is 0 Å². The molecule has 32 heavy (non-hydrogen) atoms. The van der Waals surface area contributed by atoms with Crippen molar-refractivity contribution in [3.63, 3.8) is 0 Å². The molecular formula is C29H30N2O. The van der Waals surface area contributed by atoms with Gasteiger partial charge in [-0.1, -0.05) is 48.5 Å². The molecule has 2 heterocycles. The van der Waals surface area contributed by atoms with Crippen molar-refractivity contribution in [1.82, 2.24) is 9.47 Å². The van der Waals surface area contributed by atoms with Crippen molar-refractivity contribution < 1.29 is 4.74 Å². The van der Waals surface area contributed by atoms with Crippen LogP contribution < -0.4 is 4.74 Å². The molecule has 4 aromatic rings. The van der Waals surface area contributed by atoms with E-state index < -0.39 is 0 Å². The molecule has 3 nitrogen and oxygen atoms in total. The minimum absolute atomic E-state index is 0.243. The van der Waals surface area contributed by atoms with E-state index in [0.717, 1.165) is 37.6 Å². The molecule has 0 bridgehead atoms. The van der Waals surface area contributed by atoms with Gasteiger partial charge in [-0.15, -0.1) is 0 Å². The van der Waals surface area contributed by atoms with Crippen molar-refractivity contribution in [2.45, 2.75) is 39.4 Å². The number of aryl methyl sites for hydroxylation is 3. The molecule has 0 radical (unpaired) electrons. The smallest absolute Gasteiger partial charge is 0.127 e. The molecule has 0 fully saturated rings. The van der Waals surface area contributed by atoms with Gasteiger partial charge in [0.25, 0.3) is 0 Å². The Balaban J connectivity index is 1.49. The van der Waals surface area contributed by atoms with Crippen LogP contribution in [0.2, 0.25) is 0 Å². The summed E-state index contributed by atoms with van der Waals surface area (Å²) in [5, 5.41) is 0. The zero-order valence-electron chi connectivity index (χ0n) is 18.9. The fourth-order valence-electron chi connectivity index (χ4n) is 4.97. The predicted molar refractivity (Wildman–Crippen MR) is 130 cm³/mol. The van der Waals surface area contributed by atoms with E-state index in [1.165, 1.54) is 27.9 Å². The Labute approximate surface area is 190 Å². The summed E-state index contributed by atoms with van der Waals surface area (Å²) in [6.07, 6.45) is 3.37. The maximum atomic E-state index is 6.10. The molecule has 0 aliphatic carbocycles. The van der Waals surface area contributed by atoms with Gasteiger partial charge >= 0.3 is 0 Å². The monoisotopic (exact) mass is 422 g/mol. The average molecular weight is 423 g/mol. The molecule has 0 spiro atoms. The number of hydrogen-bond donors (Lipinski definition) is 0. The molecule has 1 atom stereocenters. The highest BCUT2D eigenvalue weighted by Crippen LogP contribution is 2.36. The molecule has 1 aliphatic rings. The second-order valence-corrected chi connectivity index (χ2v) is 8.72. The Morgan fingerprint density at radius 3 is 2.34 bits per heavy atom. The lowest BCUT2D eigenvalue weighted by Gasteiger charge is -2.33. The third-order valence-corrected chi connectivity index (χ3v) is 6.43. The van der Waals surface area contributed by atoms with Crippen molar-refractivity contribution in [3.8, 4) is 11.5 Å². The van der Waals surface area contributed by atoms with Gasteiger partial charge in [-0.3, -0.25) is 4.90 Å². The number of fused-ring (bicyclic) bond motifs is 1. The molecule has 0 N–H and O–H groups in total. The number of nitrogens with zero attached hydrogens (tertiary/aromatic N) is 2. The first-order chi connectivity index (χ1) is 15.7. The molecule has 5 rings (SSSR count). The second-order valence-electron chi connectivity index (χ2n) is 8.72. The maximum absolute atomic E-state index is 6.10. The van der Waals surface area contributed by atoms with E-state index in [1.807, 2.05) is 36.4 Å². The fraction of sp³-hybridized carbons (Fsp3) is 0.241. The van der Waals surface area contributed by atoms with E-state index in [1.54, 1.807) is 0 Å². The number of ether oxygens (including phenoxy) is 1. The first kappa shape index (κ1) is 20.6. The molecular weight excluding hydrogens is 392 g/mol. The van der Waals surface area contributed by atoms with Crippen LogP contribution in [-0.4, -0.2) is 16.0 Å². The highest BCUT2D eigenvalue weighted by atomic mass is 16.5. The van der Waals surface area contributed by atoms with E-state index >= 15 is 0 Å². The Morgan fingerprint density at radius 2 is 1.53 bits per heavy atom. The van der Waals surface area contributed by atoms with Crippen LogP contribution in [0.25, 0.3) is 0 Å². The van der Waals surface area contributed by atoms with Crippen LogP contribution in [0.4, 0.5) is 0 Å². The van der Waals surface area contributed by atoms with E-state index in [0.29, 0.717) is 0 Å². The van der Waals surface area contributed by atoms with Crippen molar-refractivity contribution in [3.05, 3.63) is 119 Å². The number of benzene rings is 3. The fourth-order valence-corrected chi connectivity index (χ4v) is 4.97. The number of aromatic nitrogens is 1. The minimum Gasteiger partial charge on any atom is -0.457 e. The molecule has 3 heteroatoms. The average Bonchev–Trinajstić information content (AvgIpc) is 3.18. The number of para-hydroxylation sites is 1. The van der Waals surface area contributed by atoms with Gasteiger partial charge in [-0.05, 0) is 78.9 Å². The first-order valence-electron chi connectivity index (χ1n) is 11.5. The van der Waals surface area contributed by atoms with E-state index in [-0.39, 0.29) is 6.04 Å². The molecule has 1 aliphatic heterocycles. The summed E-state index contributed by atoms with van der Waals surface area (Å²) < 4.78 is 8.54. The molecule has 1 unspecified atom stereocenters. The molecule has 0 saturated heterocycles. The molecule has 0 amide bonds. The highest BCUT2D eigenvalue weighted by molar-refractivity contribution is 5.41. The zero-order valence-corrected chi connectivity index (χ0v) is 18.9. The third-order valence-electron chi connectivity index (χ3n) is 6.43. The maximum Gasteiger partial charge on any atom is 0.127 e. The summed E-state index contributed by atoms with van der Waals surface area (Å²) >= 11 is 0. The lowest BCUT2D eigenvalue weighted by atomic mass is 9.92. The van der Waals surface area contributed by atoms with Gasteiger partial charge in [0.1, 0.15) is 11.5 Å². The largest absolute Gasteiger partial charge is 0.457 e. The number of hydrogen-bond acceptors (Lipinski definition) is 2. The Hall–Kier alpha value is -3.30. The van der Waals surface area contributed by atoms with Crippen LogP contribution >= 0.6 is 0 Å². The van der Waals surface area contributed by atoms with Crippen molar-refractivity contribution in [2.75, 3.05) is 6.54 Å². The van der Waals surface area contributed by atoms with E-state index in [9.17, 15) is 0 Å². The van der Waals surface area contributed by atoms with E-state index in [4.69, 9.17) is 4.74 Å². The van der Waals surface area contributed by atoms with E-state index in [2.05, 4.69) is 78.0 Å². The minimum atomic E-state index is 0.243. The van der Waals surface area contributed by atoms with Crippen LogP contribution in [0, 0.1) is 13.8 Å². The summed E-state index contributed by atoms with van der Waals surface area (Å²) in [5.41, 5.74) is 6.81. The third kappa shape index (κ3) is 4.21. The normalized spacial score (nSPS) is 16.4. The Kier molecular flexibility index (Phi) is 5.83. The topological polar surface area (TPSA) is 17.4 Å². The lowest BCUT2D eigenvalue weighted by molar-refractivity contribution is 0.219. The zero-order chi connectivity index (χ0) is 21.9. The van der Waals surface area contributed by atoms with Crippen LogP contribution in [0.15, 0.2) is 91.1 Å². The van der Waals surface area contributed by atoms with Gasteiger partial charge in [0.15, 0.2) is 0 Å². The lowest BCUT2D eigenvalue weighted by Crippen LogP contribution is -2.30. The molecule has 1 aromatic heterocycles. The van der Waals surface area contributed by atoms with Crippen LogP contribution in [0.3, 0.4) is 0 Å². The summed E-state index contributed by atoms with van der Waals surface area (Å²) in [6, 6.07) is 29.9. The van der Waals surface area contributed by atoms with Crippen LogP contribution in [0.1, 0.15) is 40.4 Å². The SMILES string of the molecule is Cc1cccc(C)c1C1c2cccn2CCCN1Cc1cccc(Oc2ccccc2)c1.